The zero-order chi connectivity index (χ0) is 13.9. The lowest BCUT2D eigenvalue weighted by molar-refractivity contribution is -0.124. The lowest BCUT2D eigenvalue weighted by Crippen LogP contribution is -2.31. The van der Waals surface area contributed by atoms with E-state index in [1.54, 1.807) is 11.3 Å². The van der Waals surface area contributed by atoms with E-state index in [4.69, 9.17) is 5.73 Å². The summed E-state index contributed by atoms with van der Waals surface area (Å²) in [4.78, 5) is 16.5. The fraction of sp³-hybridized carbons (Fsp3) is 0.467. The molecule has 1 aromatic carbocycles. The number of fused-ring (bicyclic) bond motifs is 1. The predicted octanol–water partition coefficient (Wildman–Crippen LogP) is 2.08. The van der Waals surface area contributed by atoms with Crippen LogP contribution in [0.2, 0.25) is 0 Å². The van der Waals surface area contributed by atoms with Gasteiger partial charge in [0.1, 0.15) is 0 Å². The molecule has 20 heavy (non-hydrogen) atoms. The lowest BCUT2D eigenvalue weighted by Gasteiger charge is -2.09. The number of hydrogen-bond acceptors (Lipinski definition) is 4. The summed E-state index contributed by atoms with van der Waals surface area (Å²) in [5.41, 5.74) is 6.88. The molecule has 2 atom stereocenters. The quantitative estimate of drug-likeness (QED) is 0.905. The van der Waals surface area contributed by atoms with Crippen LogP contribution in [-0.2, 0) is 11.2 Å². The number of amides is 1. The van der Waals surface area contributed by atoms with Gasteiger partial charge >= 0.3 is 0 Å². The summed E-state index contributed by atoms with van der Waals surface area (Å²) in [7, 11) is 0. The second-order valence-electron chi connectivity index (χ2n) is 5.39. The molecule has 2 aromatic rings. The number of benzene rings is 1. The molecule has 1 aliphatic carbocycles. The first kappa shape index (κ1) is 13.5. The van der Waals surface area contributed by atoms with E-state index in [0.29, 0.717) is 6.54 Å². The molecule has 1 aliphatic rings. The molecule has 5 heteroatoms. The van der Waals surface area contributed by atoms with Crippen LogP contribution in [0.25, 0.3) is 10.2 Å². The highest BCUT2D eigenvalue weighted by Crippen LogP contribution is 2.24. The Kier molecular flexibility index (Phi) is 3.98. The Labute approximate surface area is 122 Å². The van der Waals surface area contributed by atoms with E-state index in [-0.39, 0.29) is 17.9 Å². The summed E-state index contributed by atoms with van der Waals surface area (Å²) < 4.78 is 1.20. The Hall–Kier alpha value is -1.46. The minimum atomic E-state index is 0.111. The van der Waals surface area contributed by atoms with Gasteiger partial charge in [-0.2, -0.15) is 0 Å². The van der Waals surface area contributed by atoms with Gasteiger partial charge in [-0.3, -0.25) is 4.79 Å². The van der Waals surface area contributed by atoms with Crippen molar-refractivity contribution in [3.05, 3.63) is 29.3 Å². The average Bonchev–Trinajstić information content (AvgIpc) is 3.04. The molecule has 0 aliphatic heterocycles. The van der Waals surface area contributed by atoms with E-state index in [9.17, 15) is 4.79 Å². The Morgan fingerprint density at radius 2 is 2.25 bits per heavy atom. The third-order valence-electron chi connectivity index (χ3n) is 3.82. The second kappa shape index (κ2) is 5.89. The molecule has 0 spiro atoms. The highest BCUT2D eigenvalue weighted by Gasteiger charge is 2.27. The first-order chi connectivity index (χ1) is 9.72. The van der Waals surface area contributed by atoms with Gasteiger partial charge in [-0.1, -0.05) is 12.1 Å². The third-order valence-corrected chi connectivity index (χ3v) is 4.92. The maximum absolute atomic E-state index is 12.0. The summed E-state index contributed by atoms with van der Waals surface area (Å²) in [6, 6.07) is 8.32. The number of carbonyl (C=O) groups excluding carboxylic acids is 1. The number of para-hydroxylation sites is 1. The normalized spacial score (nSPS) is 22.2. The Bertz CT molecular complexity index is 577. The lowest BCUT2D eigenvalue weighted by atomic mass is 10.1. The first-order valence-corrected chi connectivity index (χ1v) is 7.92. The first-order valence-electron chi connectivity index (χ1n) is 7.10. The highest BCUT2D eigenvalue weighted by atomic mass is 32.1. The molecule has 3 N–H and O–H groups in total. The van der Waals surface area contributed by atoms with Crippen LogP contribution < -0.4 is 11.1 Å². The molecule has 4 nitrogen and oxygen atoms in total. The number of hydrogen-bond donors (Lipinski definition) is 2. The van der Waals surface area contributed by atoms with Crippen LogP contribution in [0.4, 0.5) is 0 Å². The maximum Gasteiger partial charge on any atom is 0.223 e. The van der Waals surface area contributed by atoms with Crippen LogP contribution in [0.15, 0.2) is 24.3 Å². The van der Waals surface area contributed by atoms with Crippen LogP contribution in [-0.4, -0.2) is 23.5 Å². The fourth-order valence-electron chi connectivity index (χ4n) is 2.72. The minimum absolute atomic E-state index is 0.111. The molecule has 106 valence electrons. The van der Waals surface area contributed by atoms with Crippen LogP contribution in [0, 0.1) is 5.92 Å². The largest absolute Gasteiger partial charge is 0.355 e. The van der Waals surface area contributed by atoms with Crippen molar-refractivity contribution in [2.75, 3.05) is 6.54 Å². The number of thiazole rings is 1. The van der Waals surface area contributed by atoms with Gasteiger partial charge in [0.2, 0.25) is 5.91 Å². The van der Waals surface area contributed by atoms with E-state index >= 15 is 0 Å². The molecule has 1 saturated carbocycles. The van der Waals surface area contributed by atoms with Crippen molar-refractivity contribution in [2.45, 2.75) is 31.7 Å². The van der Waals surface area contributed by atoms with Gasteiger partial charge in [-0.25, -0.2) is 4.98 Å². The topological polar surface area (TPSA) is 68.0 Å². The summed E-state index contributed by atoms with van der Waals surface area (Å²) in [5, 5.41) is 4.09. The molecule has 0 bridgehead atoms. The average molecular weight is 289 g/mol. The smallest absolute Gasteiger partial charge is 0.223 e. The summed E-state index contributed by atoms with van der Waals surface area (Å²) >= 11 is 1.70. The molecule has 1 fully saturated rings. The van der Waals surface area contributed by atoms with E-state index in [0.717, 1.165) is 36.2 Å². The molecular weight excluding hydrogens is 270 g/mol. The van der Waals surface area contributed by atoms with Gasteiger partial charge in [0.05, 0.1) is 15.2 Å². The van der Waals surface area contributed by atoms with Gasteiger partial charge in [-0.05, 0) is 31.4 Å². The van der Waals surface area contributed by atoms with Crippen molar-refractivity contribution in [3.8, 4) is 0 Å². The SMILES string of the molecule is NC1CCC(C(=O)NCCc2nc3ccccc3s2)C1. The number of aromatic nitrogens is 1. The fourth-order valence-corrected chi connectivity index (χ4v) is 3.69. The zero-order valence-electron chi connectivity index (χ0n) is 11.3. The summed E-state index contributed by atoms with van der Waals surface area (Å²) in [5.74, 6) is 0.263. The molecule has 1 aromatic heterocycles. The van der Waals surface area contributed by atoms with Crippen LogP contribution >= 0.6 is 11.3 Å². The van der Waals surface area contributed by atoms with Gasteiger partial charge in [0.25, 0.3) is 0 Å². The van der Waals surface area contributed by atoms with E-state index < -0.39 is 0 Å². The van der Waals surface area contributed by atoms with Crippen LogP contribution in [0.3, 0.4) is 0 Å². The molecule has 0 saturated heterocycles. The van der Waals surface area contributed by atoms with Crippen LogP contribution in [0.5, 0.6) is 0 Å². The van der Waals surface area contributed by atoms with Gasteiger partial charge in [-0.15, -0.1) is 11.3 Å². The van der Waals surface area contributed by atoms with E-state index in [2.05, 4.69) is 16.4 Å². The number of nitrogens with one attached hydrogen (secondary N) is 1. The minimum Gasteiger partial charge on any atom is -0.355 e. The Morgan fingerprint density at radius 3 is 3.00 bits per heavy atom. The van der Waals surface area contributed by atoms with Crippen molar-refractivity contribution in [2.24, 2.45) is 11.7 Å². The van der Waals surface area contributed by atoms with Crippen molar-refractivity contribution < 1.29 is 4.79 Å². The highest BCUT2D eigenvalue weighted by molar-refractivity contribution is 7.18. The number of rotatable bonds is 4. The molecule has 3 rings (SSSR count). The van der Waals surface area contributed by atoms with Crippen molar-refractivity contribution in [1.29, 1.82) is 0 Å². The van der Waals surface area contributed by atoms with Gasteiger partial charge < -0.3 is 11.1 Å². The summed E-state index contributed by atoms with van der Waals surface area (Å²) in [6.45, 7) is 0.657. The molecule has 0 radical (unpaired) electrons. The Morgan fingerprint density at radius 1 is 1.40 bits per heavy atom. The summed E-state index contributed by atoms with van der Waals surface area (Å²) in [6.07, 6.45) is 3.51. The monoisotopic (exact) mass is 289 g/mol. The molecule has 2 unspecified atom stereocenters. The maximum atomic E-state index is 12.0. The van der Waals surface area contributed by atoms with Crippen molar-refractivity contribution in [3.63, 3.8) is 0 Å². The predicted molar refractivity (Wildman–Crippen MR) is 81.7 cm³/mol. The zero-order valence-corrected chi connectivity index (χ0v) is 12.2. The van der Waals surface area contributed by atoms with E-state index in [1.165, 1.54) is 4.70 Å². The van der Waals surface area contributed by atoms with Crippen molar-refractivity contribution in [1.82, 2.24) is 10.3 Å². The standard InChI is InChI=1S/C15H19N3OS/c16-11-6-5-10(9-11)15(19)17-8-7-14-18-12-3-1-2-4-13(12)20-14/h1-4,10-11H,5-9,16H2,(H,17,19). The number of carbonyl (C=O) groups is 1. The third kappa shape index (κ3) is 2.99. The van der Waals surface area contributed by atoms with E-state index in [1.807, 2.05) is 18.2 Å². The van der Waals surface area contributed by atoms with Crippen LogP contribution in [0.1, 0.15) is 24.3 Å². The molecule has 1 heterocycles. The van der Waals surface area contributed by atoms with Gasteiger partial charge in [0.15, 0.2) is 0 Å². The van der Waals surface area contributed by atoms with Crippen molar-refractivity contribution >= 4 is 27.5 Å². The van der Waals surface area contributed by atoms with Gasteiger partial charge in [0, 0.05) is 24.9 Å². The molecular formula is C15H19N3OS. The molecule has 1 amide bonds. The number of nitrogens with two attached hydrogens (primary N) is 1. The number of nitrogens with zero attached hydrogens (tertiary/aromatic N) is 1. The Balaban J connectivity index is 1.51. The second-order valence-corrected chi connectivity index (χ2v) is 6.50.